The second kappa shape index (κ2) is 6.25. The molecule has 1 aromatic heterocycles. The fourth-order valence-electron chi connectivity index (χ4n) is 3.30. The molecule has 138 valence electrons. The lowest BCUT2D eigenvalue weighted by Crippen LogP contribution is -2.38. The summed E-state index contributed by atoms with van der Waals surface area (Å²) in [6.07, 6.45) is 1.44. The molecule has 1 aliphatic heterocycles. The molecule has 1 aliphatic rings. The molecule has 0 saturated carbocycles. The number of imidazole rings is 1. The Morgan fingerprint density at radius 1 is 1.11 bits per heavy atom. The van der Waals surface area contributed by atoms with Crippen LogP contribution in [-0.4, -0.2) is 16.6 Å². The molecular formula is C20H16ClF3N3+. The van der Waals surface area contributed by atoms with E-state index in [0.29, 0.717) is 27.3 Å². The topological polar surface area (TPSA) is 17.8 Å². The second-order valence-corrected chi connectivity index (χ2v) is 7.03. The van der Waals surface area contributed by atoms with Gasteiger partial charge in [-0.2, -0.15) is 18.2 Å². The third-order valence-electron chi connectivity index (χ3n) is 4.73. The van der Waals surface area contributed by atoms with Crippen molar-refractivity contribution in [3.05, 3.63) is 77.6 Å². The average molecular weight is 391 g/mol. The average Bonchev–Trinajstić information content (AvgIpc) is 3.08. The minimum atomic E-state index is -4.38. The molecule has 0 fully saturated rings. The summed E-state index contributed by atoms with van der Waals surface area (Å²) in [6.45, 7) is 0.614. The van der Waals surface area contributed by atoms with Crippen LogP contribution in [0.15, 0.2) is 67.0 Å². The van der Waals surface area contributed by atoms with Crippen LogP contribution in [0, 0.1) is 0 Å². The maximum atomic E-state index is 13.0. The summed E-state index contributed by atoms with van der Waals surface area (Å²) in [5, 5.41) is 0.638. The number of hydrogen-bond acceptors (Lipinski definition) is 1. The van der Waals surface area contributed by atoms with E-state index < -0.39 is 11.7 Å². The minimum Gasteiger partial charge on any atom is -0.280 e. The molecule has 3 aromatic rings. The van der Waals surface area contributed by atoms with Gasteiger partial charge in [0.2, 0.25) is 0 Å². The predicted octanol–water partition coefficient (Wildman–Crippen LogP) is 6.02. The Morgan fingerprint density at radius 3 is 2.56 bits per heavy atom. The van der Waals surface area contributed by atoms with Crippen LogP contribution in [0.4, 0.5) is 24.8 Å². The molecule has 3 nitrogen and oxygen atoms in total. The number of fused-ring (bicyclic) bond motifs is 1. The van der Waals surface area contributed by atoms with Gasteiger partial charge < -0.3 is 0 Å². The Balaban J connectivity index is 1.79. The Kier molecular flexibility index (Phi) is 4.13. The molecule has 0 saturated heterocycles. The van der Waals surface area contributed by atoms with Crippen molar-refractivity contribution in [2.45, 2.75) is 12.7 Å². The molecule has 27 heavy (non-hydrogen) atoms. The molecule has 0 bridgehead atoms. The number of hydrogen-bond donors (Lipinski definition) is 0. The summed E-state index contributed by atoms with van der Waals surface area (Å²) in [4.78, 5) is 4.68. The third kappa shape index (κ3) is 3.15. The summed E-state index contributed by atoms with van der Waals surface area (Å²) < 4.78 is 41.4. The van der Waals surface area contributed by atoms with Gasteiger partial charge in [-0.3, -0.25) is 4.57 Å². The zero-order valence-electron chi connectivity index (χ0n) is 14.4. The quantitative estimate of drug-likeness (QED) is 0.489. The lowest BCUT2D eigenvalue weighted by atomic mass is 10.1. The minimum absolute atomic E-state index is 0.302. The van der Waals surface area contributed by atoms with Gasteiger partial charge in [0.25, 0.3) is 0 Å². The SMILES string of the molecule is C[N+]1(c2ccc(Cl)cc2)C=CCn2cc(-c3cccc(C(F)(F)F)c3)nc21. The number of halogens is 4. The number of alkyl halides is 3. The molecular weight excluding hydrogens is 375 g/mol. The first-order chi connectivity index (χ1) is 12.8. The fraction of sp³-hybridized carbons (Fsp3) is 0.150. The molecule has 0 aliphatic carbocycles. The van der Waals surface area contributed by atoms with Crippen molar-refractivity contribution in [2.75, 3.05) is 7.05 Å². The highest BCUT2D eigenvalue weighted by molar-refractivity contribution is 6.30. The summed E-state index contributed by atoms with van der Waals surface area (Å²) in [6, 6.07) is 12.7. The molecule has 7 heteroatoms. The van der Waals surface area contributed by atoms with Crippen LogP contribution in [0.2, 0.25) is 5.02 Å². The van der Waals surface area contributed by atoms with Gasteiger partial charge >= 0.3 is 12.1 Å². The summed E-state index contributed by atoms with van der Waals surface area (Å²) >= 11 is 5.99. The summed E-state index contributed by atoms with van der Waals surface area (Å²) in [7, 11) is 1.98. The lowest BCUT2D eigenvalue weighted by Gasteiger charge is -2.30. The maximum absolute atomic E-state index is 13.0. The molecule has 0 amide bonds. The van der Waals surface area contributed by atoms with E-state index in [1.807, 2.05) is 48.2 Å². The number of nitrogens with zero attached hydrogens (tertiary/aromatic N) is 3. The van der Waals surface area contributed by atoms with Crippen LogP contribution >= 0.6 is 11.6 Å². The largest absolute Gasteiger partial charge is 0.416 e. The maximum Gasteiger partial charge on any atom is 0.416 e. The first kappa shape index (κ1) is 17.8. The summed E-state index contributed by atoms with van der Waals surface area (Å²) in [5.41, 5.74) is 1.23. The van der Waals surface area contributed by atoms with Crippen LogP contribution < -0.4 is 4.48 Å². The molecule has 2 heterocycles. The molecule has 1 atom stereocenters. The van der Waals surface area contributed by atoms with Gasteiger partial charge in [-0.1, -0.05) is 23.7 Å². The molecule has 1 unspecified atom stereocenters. The van der Waals surface area contributed by atoms with Crippen molar-refractivity contribution in [1.82, 2.24) is 14.0 Å². The Labute approximate surface area is 159 Å². The highest BCUT2D eigenvalue weighted by Crippen LogP contribution is 2.38. The standard InChI is InChI=1S/C20H16ClF3N3/c1-27(17-8-6-16(21)7-9-17)11-3-10-26-13-18(25-19(26)27)14-4-2-5-15(12-14)20(22,23)24/h2-9,11-13H,10H2,1H3/q+1. The third-order valence-corrected chi connectivity index (χ3v) is 4.98. The lowest BCUT2D eigenvalue weighted by molar-refractivity contribution is -0.137. The number of quaternary nitrogens is 1. The smallest absolute Gasteiger partial charge is 0.280 e. The second-order valence-electron chi connectivity index (χ2n) is 6.59. The van der Waals surface area contributed by atoms with E-state index in [9.17, 15) is 13.2 Å². The first-order valence-corrected chi connectivity index (χ1v) is 8.70. The van der Waals surface area contributed by atoms with Crippen LogP contribution in [0.1, 0.15) is 5.56 Å². The molecule has 0 N–H and O–H groups in total. The molecule has 0 spiro atoms. The van der Waals surface area contributed by atoms with Gasteiger partial charge in [0.15, 0.2) is 0 Å². The van der Waals surface area contributed by atoms with Gasteiger partial charge in [-0.15, -0.1) is 0 Å². The van der Waals surface area contributed by atoms with Crippen molar-refractivity contribution < 1.29 is 13.2 Å². The van der Waals surface area contributed by atoms with E-state index in [0.717, 1.165) is 23.8 Å². The number of aromatic nitrogens is 2. The fourth-order valence-corrected chi connectivity index (χ4v) is 3.42. The van der Waals surface area contributed by atoms with E-state index in [1.165, 1.54) is 6.07 Å². The van der Waals surface area contributed by atoms with Gasteiger partial charge in [-0.05, 0) is 30.3 Å². The predicted molar refractivity (Wildman–Crippen MR) is 101 cm³/mol. The Morgan fingerprint density at radius 2 is 1.85 bits per heavy atom. The van der Waals surface area contributed by atoms with E-state index in [1.54, 1.807) is 12.3 Å². The molecule has 2 aromatic carbocycles. The number of allylic oxidation sites excluding steroid dienone is 1. The van der Waals surface area contributed by atoms with Gasteiger partial charge in [0, 0.05) is 28.9 Å². The van der Waals surface area contributed by atoms with Gasteiger partial charge in [0.05, 0.1) is 24.8 Å². The first-order valence-electron chi connectivity index (χ1n) is 8.33. The zero-order valence-corrected chi connectivity index (χ0v) is 15.2. The zero-order chi connectivity index (χ0) is 19.2. The van der Waals surface area contributed by atoms with Gasteiger partial charge in [-0.25, -0.2) is 4.48 Å². The van der Waals surface area contributed by atoms with Crippen molar-refractivity contribution >= 4 is 23.2 Å². The monoisotopic (exact) mass is 390 g/mol. The van der Waals surface area contributed by atoms with Crippen LogP contribution in [0.3, 0.4) is 0 Å². The van der Waals surface area contributed by atoms with Crippen molar-refractivity contribution in [3.8, 4) is 11.3 Å². The van der Waals surface area contributed by atoms with Crippen LogP contribution in [0.5, 0.6) is 0 Å². The van der Waals surface area contributed by atoms with Crippen LogP contribution in [0.25, 0.3) is 11.3 Å². The number of benzene rings is 2. The van der Waals surface area contributed by atoms with Crippen molar-refractivity contribution in [3.63, 3.8) is 0 Å². The number of rotatable bonds is 2. The van der Waals surface area contributed by atoms with Crippen LogP contribution in [-0.2, 0) is 12.7 Å². The highest BCUT2D eigenvalue weighted by atomic mass is 35.5. The van der Waals surface area contributed by atoms with Crippen molar-refractivity contribution in [1.29, 1.82) is 0 Å². The van der Waals surface area contributed by atoms with E-state index >= 15 is 0 Å². The van der Waals surface area contributed by atoms with E-state index in [2.05, 4.69) is 4.98 Å². The molecule has 4 rings (SSSR count). The van der Waals surface area contributed by atoms with E-state index in [-0.39, 0.29) is 0 Å². The molecule has 0 radical (unpaired) electrons. The Hall–Kier alpha value is -2.57. The van der Waals surface area contributed by atoms with E-state index in [4.69, 9.17) is 11.6 Å². The normalized spacial score (nSPS) is 19.1. The van der Waals surface area contributed by atoms with Crippen molar-refractivity contribution in [2.24, 2.45) is 0 Å². The summed E-state index contributed by atoms with van der Waals surface area (Å²) in [5.74, 6) is 0.729. The van der Waals surface area contributed by atoms with Gasteiger partial charge in [0.1, 0.15) is 11.9 Å². The Bertz CT molecular complexity index is 1020. The highest BCUT2D eigenvalue weighted by Gasteiger charge is 2.35.